The number of aryl methyl sites for hydroxylation is 1. The molecule has 1 N–H and O–H groups in total. The standard InChI is InChI=1S/C11H15BrClNO2S2/c1-7-4-10(17-11(7)12)18(15,16)14-6-8-2-3-9(13)5-8/h4,8-9,14H,2-3,5-6H2,1H3. The third-order valence-corrected chi connectivity index (χ3v) is 7.57. The van der Waals surface area contributed by atoms with Crippen LogP contribution in [0.15, 0.2) is 14.1 Å². The Morgan fingerprint density at radius 2 is 2.28 bits per heavy atom. The molecule has 2 atom stereocenters. The lowest BCUT2D eigenvalue weighted by molar-refractivity contribution is 0.521. The van der Waals surface area contributed by atoms with Crippen LogP contribution >= 0.6 is 38.9 Å². The molecular weight excluding hydrogens is 358 g/mol. The van der Waals surface area contributed by atoms with Gasteiger partial charge in [-0.05, 0) is 59.7 Å². The van der Waals surface area contributed by atoms with E-state index in [1.165, 1.54) is 11.3 Å². The van der Waals surface area contributed by atoms with Crippen LogP contribution in [0.3, 0.4) is 0 Å². The molecule has 0 aliphatic heterocycles. The van der Waals surface area contributed by atoms with Gasteiger partial charge in [-0.2, -0.15) is 0 Å². The SMILES string of the molecule is Cc1cc(S(=O)(=O)NCC2CCC(Cl)C2)sc1Br. The van der Waals surface area contributed by atoms with Crippen molar-refractivity contribution in [2.45, 2.75) is 35.8 Å². The predicted molar refractivity (Wildman–Crippen MR) is 78.9 cm³/mol. The maximum atomic E-state index is 12.1. The number of hydrogen-bond acceptors (Lipinski definition) is 3. The molecule has 0 aromatic carbocycles. The van der Waals surface area contributed by atoms with Crippen molar-refractivity contribution in [3.63, 3.8) is 0 Å². The van der Waals surface area contributed by atoms with E-state index >= 15 is 0 Å². The van der Waals surface area contributed by atoms with Crippen LogP contribution in [0.4, 0.5) is 0 Å². The molecule has 7 heteroatoms. The Labute approximate surface area is 125 Å². The van der Waals surface area contributed by atoms with Gasteiger partial charge in [0.05, 0.1) is 3.79 Å². The molecule has 2 rings (SSSR count). The summed E-state index contributed by atoms with van der Waals surface area (Å²) >= 11 is 10.6. The molecule has 0 spiro atoms. The minimum atomic E-state index is -3.37. The number of alkyl halides is 1. The topological polar surface area (TPSA) is 46.2 Å². The van der Waals surface area contributed by atoms with E-state index in [4.69, 9.17) is 11.6 Å². The van der Waals surface area contributed by atoms with Crippen LogP contribution in [0.2, 0.25) is 0 Å². The molecular formula is C11H15BrClNO2S2. The Morgan fingerprint density at radius 1 is 1.56 bits per heavy atom. The lowest BCUT2D eigenvalue weighted by Crippen LogP contribution is -2.28. The van der Waals surface area contributed by atoms with Gasteiger partial charge in [0.2, 0.25) is 10.0 Å². The minimum absolute atomic E-state index is 0.206. The highest BCUT2D eigenvalue weighted by atomic mass is 79.9. The van der Waals surface area contributed by atoms with Gasteiger partial charge >= 0.3 is 0 Å². The van der Waals surface area contributed by atoms with E-state index < -0.39 is 10.0 Å². The van der Waals surface area contributed by atoms with Gasteiger partial charge in [-0.1, -0.05) is 0 Å². The summed E-state index contributed by atoms with van der Waals surface area (Å²) in [4.78, 5) is 0. The van der Waals surface area contributed by atoms with E-state index in [9.17, 15) is 8.42 Å². The van der Waals surface area contributed by atoms with E-state index in [1.54, 1.807) is 6.07 Å². The fourth-order valence-electron chi connectivity index (χ4n) is 2.06. The Balaban J connectivity index is 1.99. The fraction of sp³-hybridized carbons (Fsp3) is 0.636. The van der Waals surface area contributed by atoms with Gasteiger partial charge < -0.3 is 0 Å². The summed E-state index contributed by atoms with van der Waals surface area (Å²) in [6.45, 7) is 2.37. The average Bonchev–Trinajstić information content (AvgIpc) is 2.84. The van der Waals surface area contributed by atoms with E-state index in [1.807, 2.05) is 6.92 Å². The highest BCUT2D eigenvalue weighted by molar-refractivity contribution is 9.11. The molecule has 1 fully saturated rings. The van der Waals surface area contributed by atoms with Gasteiger partial charge in [0, 0.05) is 11.9 Å². The maximum absolute atomic E-state index is 12.1. The molecule has 1 saturated carbocycles. The third kappa shape index (κ3) is 3.48. The Kier molecular flexibility index (Phi) is 4.75. The van der Waals surface area contributed by atoms with Crippen LogP contribution in [0, 0.1) is 12.8 Å². The zero-order chi connectivity index (χ0) is 13.3. The second kappa shape index (κ2) is 5.79. The molecule has 1 aliphatic rings. The van der Waals surface area contributed by atoms with Gasteiger partial charge in [-0.15, -0.1) is 22.9 Å². The highest BCUT2D eigenvalue weighted by Gasteiger charge is 2.25. The molecule has 1 aromatic heterocycles. The monoisotopic (exact) mass is 371 g/mol. The van der Waals surface area contributed by atoms with Crippen molar-refractivity contribution in [1.82, 2.24) is 4.72 Å². The van der Waals surface area contributed by atoms with E-state index in [-0.39, 0.29) is 5.38 Å². The quantitative estimate of drug-likeness (QED) is 0.822. The van der Waals surface area contributed by atoms with Crippen molar-refractivity contribution < 1.29 is 8.42 Å². The van der Waals surface area contributed by atoms with Crippen LogP contribution in [0.5, 0.6) is 0 Å². The smallest absolute Gasteiger partial charge is 0.210 e. The summed E-state index contributed by atoms with van der Waals surface area (Å²) in [6.07, 6.45) is 2.89. The zero-order valence-electron chi connectivity index (χ0n) is 9.95. The molecule has 1 aromatic rings. The second-order valence-electron chi connectivity index (χ2n) is 4.65. The van der Waals surface area contributed by atoms with Gasteiger partial charge in [0.25, 0.3) is 0 Å². The summed E-state index contributed by atoms with van der Waals surface area (Å²) in [5, 5.41) is 0.206. The third-order valence-electron chi connectivity index (χ3n) is 3.14. The van der Waals surface area contributed by atoms with Gasteiger partial charge in [0.15, 0.2) is 0 Å². The van der Waals surface area contributed by atoms with Crippen molar-refractivity contribution in [2.24, 2.45) is 5.92 Å². The summed E-state index contributed by atoms with van der Waals surface area (Å²) in [5.74, 6) is 0.367. The van der Waals surface area contributed by atoms with Crippen LogP contribution in [-0.4, -0.2) is 20.3 Å². The number of hydrogen-bond donors (Lipinski definition) is 1. The van der Waals surface area contributed by atoms with Crippen LogP contribution in [0.25, 0.3) is 0 Å². The summed E-state index contributed by atoms with van der Waals surface area (Å²) in [7, 11) is -3.37. The molecule has 2 unspecified atom stereocenters. The number of sulfonamides is 1. The van der Waals surface area contributed by atoms with E-state index in [0.717, 1.165) is 28.6 Å². The number of halogens is 2. The number of nitrogens with one attached hydrogen (secondary N) is 1. The molecule has 0 radical (unpaired) electrons. The Hall–Kier alpha value is 0.380. The first kappa shape index (κ1) is 14.8. The van der Waals surface area contributed by atoms with Crippen molar-refractivity contribution in [2.75, 3.05) is 6.54 Å². The molecule has 102 valence electrons. The van der Waals surface area contributed by atoms with Crippen LogP contribution in [-0.2, 0) is 10.0 Å². The van der Waals surface area contributed by atoms with Crippen molar-refractivity contribution >= 4 is 48.9 Å². The normalized spacial score (nSPS) is 24.6. The van der Waals surface area contributed by atoms with Crippen molar-refractivity contribution in [1.29, 1.82) is 0 Å². The second-order valence-corrected chi connectivity index (χ2v) is 9.63. The lowest BCUT2D eigenvalue weighted by atomic mass is 10.1. The maximum Gasteiger partial charge on any atom is 0.250 e. The van der Waals surface area contributed by atoms with Crippen molar-refractivity contribution in [3.05, 3.63) is 15.4 Å². The lowest BCUT2D eigenvalue weighted by Gasteiger charge is -2.10. The summed E-state index contributed by atoms with van der Waals surface area (Å²) in [6, 6.07) is 1.69. The molecule has 1 heterocycles. The number of thiophene rings is 1. The van der Waals surface area contributed by atoms with E-state index in [0.29, 0.717) is 16.7 Å². The zero-order valence-corrected chi connectivity index (χ0v) is 13.9. The highest BCUT2D eigenvalue weighted by Crippen LogP contribution is 2.32. The molecule has 1 aliphatic carbocycles. The van der Waals surface area contributed by atoms with Gasteiger partial charge in [0.1, 0.15) is 4.21 Å². The minimum Gasteiger partial charge on any atom is -0.210 e. The van der Waals surface area contributed by atoms with Crippen LogP contribution < -0.4 is 4.72 Å². The van der Waals surface area contributed by atoms with Crippen LogP contribution in [0.1, 0.15) is 24.8 Å². The van der Waals surface area contributed by atoms with Gasteiger partial charge in [-0.25, -0.2) is 13.1 Å². The molecule has 0 saturated heterocycles. The largest absolute Gasteiger partial charge is 0.250 e. The first-order valence-electron chi connectivity index (χ1n) is 5.78. The van der Waals surface area contributed by atoms with Crippen molar-refractivity contribution in [3.8, 4) is 0 Å². The molecule has 3 nitrogen and oxygen atoms in total. The average molecular weight is 373 g/mol. The first-order chi connectivity index (χ1) is 8.38. The number of rotatable bonds is 4. The predicted octanol–water partition coefficient (Wildman–Crippen LogP) is 3.50. The fourth-order valence-corrected chi connectivity index (χ4v) is 5.83. The molecule has 18 heavy (non-hydrogen) atoms. The van der Waals surface area contributed by atoms with Gasteiger partial charge in [-0.3, -0.25) is 0 Å². The Bertz CT molecular complexity index is 510. The Morgan fingerprint density at radius 3 is 2.78 bits per heavy atom. The van der Waals surface area contributed by atoms with E-state index in [2.05, 4.69) is 20.7 Å². The summed E-state index contributed by atoms with van der Waals surface area (Å²) in [5.41, 5.74) is 0.946. The molecule has 0 amide bonds. The first-order valence-corrected chi connectivity index (χ1v) is 9.31. The molecule has 0 bridgehead atoms. The summed E-state index contributed by atoms with van der Waals surface area (Å²) < 4.78 is 28.1.